The van der Waals surface area contributed by atoms with Gasteiger partial charge in [0.25, 0.3) is 5.41 Å². The topological polar surface area (TPSA) is 64.6 Å². The third-order valence-electron chi connectivity index (χ3n) is 3.97. The lowest BCUT2D eigenvalue weighted by atomic mass is 10.3. The Morgan fingerprint density at radius 2 is 1.33 bits per heavy atom. The van der Waals surface area contributed by atoms with Crippen LogP contribution in [0, 0.1) is 0 Å². The lowest BCUT2D eigenvalue weighted by Gasteiger charge is -2.47. The molecule has 0 amide bonds. The first-order valence-electron chi connectivity index (χ1n) is 10.3. The molecule has 2 atom stereocenters. The molecule has 0 radical (unpaired) electrons. The highest BCUT2D eigenvalue weighted by molar-refractivity contribution is 6.63. The highest BCUT2D eigenvalue weighted by atomic mass is 28.4. The maximum Gasteiger partial charge on any atom is 0.568 e. The molecule has 0 saturated carbocycles. The van der Waals surface area contributed by atoms with Crippen LogP contribution in [0.2, 0.25) is 0 Å². The molecule has 0 saturated heterocycles. The number of hydrogen-bond acceptors (Lipinski definition) is 7. The van der Waals surface area contributed by atoms with Crippen LogP contribution in [0.25, 0.3) is 0 Å². The highest BCUT2D eigenvalue weighted by Crippen LogP contribution is 2.36. The predicted octanol–water partition coefficient (Wildman–Crippen LogP) is 3.91. The summed E-state index contributed by atoms with van der Waals surface area (Å²) in [5.74, 6) is 0. The van der Waals surface area contributed by atoms with Gasteiger partial charge in [0, 0.05) is 40.1 Å². The molecule has 0 bridgehead atoms. The summed E-state index contributed by atoms with van der Waals surface area (Å²) in [7, 11) is -1.95. The minimum Gasteiger partial charge on any atom is -0.373 e. The zero-order valence-electron chi connectivity index (χ0n) is 18.7. The van der Waals surface area contributed by atoms with Crippen molar-refractivity contribution in [2.45, 2.75) is 85.5 Å². The largest absolute Gasteiger partial charge is 0.568 e. The Hall–Kier alpha value is -0.0631. The summed E-state index contributed by atoms with van der Waals surface area (Å²) < 4.78 is 43.0. The Balaban J connectivity index is 6.35. The molecule has 164 valence electrons. The predicted molar refractivity (Wildman–Crippen MR) is 107 cm³/mol. The summed E-state index contributed by atoms with van der Waals surface area (Å²) >= 11 is 0. The van der Waals surface area contributed by atoms with Crippen LogP contribution in [0.4, 0.5) is 0 Å². The van der Waals surface area contributed by atoms with Crippen molar-refractivity contribution in [1.29, 1.82) is 0 Å². The van der Waals surface area contributed by atoms with E-state index in [2.05, 4.69) is 0 Å². The summed E-state index contributed by atoms with van der Waals surface area (Å²) in [5.41, 5.74) is -1.27. The maximum atomic E-state index is 6.42. The van der Waals surface area contributed by atoms with Gasteiger partial charge in [-0.3, -0.25) is 0 Å². The van der Waals surface area contributed by atoms with Gasteiger partial charge >= 0.3 is 8.80 Å². The fraction of sp³-hybridized carbons (Fsp3) is 1.00. The van der Waals surface area contributed by atoms with Crippen LogP contribution in [-0.2, 0) is 32.2 Å². The standard InChI is InChI=1S/C19H42O7Si/c1-9-15-24-27(25-16-10-2,26-18(11-3)20-8)19(22-13-5,23-14-6)17(7)21-12-4/h17-18H,9-16H2,1-8H3. The van der Waals surface area contributed by atoms with E-state index in [0.29, 0.717) is 39.5 Å². The molecule has 0 aromatic heterocycles. The smallest absolute Gasteiger partial charge is 0.373 e. The average Bonchev–Trinajstić information content (AvgIpc) is 2.67. The zero-order chi connectivity index (χ0) is 20.8. The molecule has 2 unspecified atom stereocenters. The van der Waals surface area contributed by atoms with Crippen LogP contribution in [-0.4, -0.2) is 66.8 Å². The summed E-state index contributed by atoms with van der Waals surface area (Å²) in [6.07, 6.45) is 1.34. The van der Waals surface area contributed by atoms with Crippen molar-refractivity contribution in [2.24, 2.45) is 0 Å². The van der Waals surface area contributed by atoms with Crippen LogP contribution in [0.1, 0.15) is 67.7 Å². The summed E-state index contributed by atoms with van der Waals surface area (Å²) in [6.45, 7) is 16.0. The van der Waals surface area contributed by atoms with Crippen LogP contribution in [0.15, 0.2) is 0 Å². The van der Waals surface area contributed by atoms with Crippen molar-refractivity contribution < 1.29 is 32.2 Å². The average molecular weight is 411 g/mol. The van der Waals surface area contributed by atoms with E-state index < -0.39 is 26.6 Å². The van der Waals surface area contributed by atoms with Crippen LogP contribution in [0.5, 0.6) is 0 Å². The van der Waals surface area contributed by atoms with Crippen molar-refractivity contribution in [2.75, 3.05) is 40.1 Å². The van der Waals surface area contributed by atoms with Crippen LogP contribution >= 0.6 is 0 Å². The van der Waals surface area contributed by atoms with Gasteiger partial charge in [-0.05, 0) is 47.0 Å². The van der Waals surface area contributed by atoms with Crippen molar-refractivity contribution in [1.82, 2.24) is 0 Å². The van der Waals surface area contributed by atoms with E-state index in [1.807, 2.05) is 48.5 Å². The summed E-state index contributed by atoms with van der Waals surface area (Å²) in [4.78, 5) is 0. The molecule has 0 aliphatic carbocycles. The van der Waals surface area contributed by atoms with E-state index in [9.17, 15) is 0 Å². The molecular formula is C19H42O7Si. The molecule has 0 fully saturated rings. The maximum absolute atomic E-state index is 6.42. The van der Waals surface area contributed by atoms with Crippen molar-refractivity contribution in [3.05, 3.63) is 0 Å². The SMILES string of the molecule is CCCO[Si](OCCC)(OC(CC)OC)C(OCC)(OCC)C(C)OCC. The van der Waals surface area contributed by atoms with Gasteiger partial charge in [0.05, 0.1) is 0 Å². The third-order valence-corrected chi connectivity index (χ3v) is 7.26. The van der Waals surface area contributed by atoms with E-state index in [1.54, 1.807) is 7.11 Å². The Labute approximate surface area is 167 Å². The fourth-order valence-corrected chi connectivity index (χ4v) is 6.39. The molecule has 0 spiro atoms. The van der Waals surface area contributed by atoms with Gasteiger partial charge in [-0.25, -0.2) is 0 Å². The van der Waals surface area contributed by atoms with Crippen molar-refractivity contribution in [3.8, 4) is 0 Å². The molecule has 0 aliphatic heterocycles. The molecule has 8 heteroatoms. The fourth-order valence-electron chi connectivity index (χ4n) is 2.83. The molecular weight excluding hydrogens is 368 g/mol. The molecule has 27 heavy (non-hydrogen) atoms. The van der Waals surface area contributed by atoms with E-state index in [0.717, 1.165) is 12.8 Å². The Morgan fingerprint density at radius 3 is 1.67 bits per heavy atom. The normalized spacial score (nSPS) is 15.1. The van der Waals surface area contributed by atoms with Gasteiger partial charge in [-0.1, -0.05) is 20.8 Å². The van der Waals surface area contributed by atoms with E-state index in [4.69, 9.17) is 32.2 Å². The third kappa shape index (κ3) is 7.36. The lowest BCUT2D eigenvalue weighted by Crippen LogP contribution is -2.73. The van der Waals surface area contributed by atoms with E-state index in [-0.39, 0.29) is 0 Å². The minimum absolute atomic E-state index is 0.407. The van der Waals surface area contributed by atoms with Crippen molar-refractivity contribution >= 4 is 8.80 Å². The quantitative estimate of drug-likeness (QED) is 0.251. The number of hydrogen-bond donors (Lipinski definition) is 0. The van der Waals surface area contributed by atoms with Gasteiger partial charge in [0.1, 0.15) is 6.10 Å². The van der Waals surface area contributed by atoms with Gasteiger partial charge < -0.3 is 32.2 Å². The number of ether oxygens (including phenoxy) is 4. The second-order valence-corrected chi connectivity index (χ2v) is 8.70. The molecule has 7 nitrogen and oxygen atoms in total. The molecule has 0 aromatic rings. The van der Waals surface area contributed by atoms with Gasteiger partial charge in [-0.2, -0.15) is 0 Å². The molecule has 0 aliphatic rings. The Kier molecular flexibility index (Phi) is 14.8. The van der Waals surface area contributed by atoms with Crippen LogP contribution in [0.3, 0.4) is 0 Å². The van der Waals surface area contributed by atoms with Gasteiger partial charge in [0.15, 0.2) is 6.29 Å². The number of rotatable bonds is 18. The van der Waals surface area contributed by atoms with Gasteiger partial charge in [-0.15, -0.1) is 0 Å². The molecule has 0 heterocycles. The second-order valence-electron chi connectivity index (χ2n) is 6.08. The van der Waals surface area contributed by atoms with E-state index >= 15 is 0 Å². The lowest BCUT2D eigenvalue weighted by molar-refractivity contribution is -0.277. The summed E-state index contributed by atoms with van der Waals surface area (Å²) in [5, 5.41) is 0. The first-order chi connectivity index (χ1) is 13.0. The van der Waals surface area contributed by atoms with E-state index in [1.165, 1.54) is 0 Å². The Morgan fingerprint density at radius 1 is 0.815 bits per heavy atom. The minimum atomic E-state index is -3.56. The van der Waals surface area contributed by atoms with Crippen molar-refractivity contribution in [3.63, 3.8) is 0 Å². The highest BCUT2D eigenvalue weighted by Gasteiger charge is 2.68. The molecule has 0 rings (SSSR count). The number of methoxy groups -OCH3 is 1. The van der Waals surface area contributed by atoms with Gasteiger partial charge in [0.2, 0.25) is 0 Å². The first kappa shape index (κ1) is 26.9. The second kappa shape index (κ2) is 14.9. The zero-order valence-corrected chi connectivity index (χ0v) is 19.7. The molecule has 0 aromatic carbocycles. The molecule has 0 N–H and O–H groups in total. The Bertz CT molecular complexity index is 339. The first-order valence-corrected chi connectivity index (χ1v) is 12.1. The summed E-state index contributed by atoms with van der Waals surface area (Å²) in [6, 6.07) is 0. The van der Waals surface area contributed by atoms with Crippen LogP contribution < -0.4 is 0 Å². The monoisotopic (exact) mass is 410 g/mol.